The lowest BCUT2D eigenvalue weighted by atomic mass is 10.1. The molecule has 1 aliphatic heterocycles. The van der Waals surface area contributed by atoms with Gasteiger partial charge in [0, 0.05) is 12.1 Å². The second-order valence-electron chi connectivity index (χ2n) is 5.01. The van der Waals surface area contributed by atoms with E-state index in [1.807, 2.05) is 37.3 Å². The van der Waals surface area contributed by atoms with Gasteiger partial charge in [0.05, 0.1) is 37.8 Å². The second kappa shape index (κ2) is 6.20. The summed E-state index contributed by atoms with van der Waals surface area (Å²) < 4.78 is 10.9. The molecule has 2 aromatic rings. The van der Waals surface area contributed by atoms with Gasteiger partial charge in [-0.25, -0.2) is 9.97 Å². The number of benzene rings is 1. The Morgan fingerprint density at radius 1 is 1.29 bits per heavy atom. The molecule has 5 heteroatoms. The van der Waals surface area contributed by atoms with Crippen LogP contribution >= 0.6 is 0 Å². The van der Waals surface area contributed by atoms with Gasteiger partial charge in [-0.15, -0.1) is 0 Å². The van der Waals surface area contributed by atoms with Crippen molar-refractivity contribution in [2.45, 2.75) is 13.0 Å². The quantitative estimate of drug-likeness (QED) is 0.936. The van der Waals surface area contributed by atoms with Crippen LogP contribution in [0, 0.1) is 6.92 Å². The van der Waals surface area contributed by atoms with Crippen molar-refractivity contribution < 1.29 is 9.47 Å². The van der Waals surface area contributed by atoms with E-state index in [2.05, 4.69) is 15.3 Å². The van der Waals surface area contributed by atoms with Crippen LogP contribution in [0.1, 0.15) is 17.6 Å². The molecular formula is C16H19N3O2. The van der Waals surface area contributed by atoms with Gasteiger partial charge in [0.25, 0.3) is 0 Å². The number of nitrogens with zero attached hydrogens (tertiary/aromatic N) is 2. The summed E-state index contributed by atoms with van der Waals surface area (Å²) >= 11 is 0. The van der Waals surface area contributed by atoms with Crippen LogP contribution in [0.3, 0.4) is 0 Å². The molecule has 1 aromatic heterocycles. The van der Waals surface area contributed by atoms with E-state index in [0.717, 1.165) is 41.7 Å². The topological polar surface area (TPSA) is 56.3 Å². The largest absolute Gasteiger partial charge is 0.496 e. The van der Waals surface area contributed by atoms with Gasteiger partial charge >= 0.3 is 0 Å². The molecule has 0 spiro atoms. The SMILES string of the molecule is COc1ccccc1-c1cc([C@@H]2COCCN2)nc(C)n1. The Morgan fingerprint density at radius 2 is 2.14 bits per heavy atom. The molecule has 21 heavy (non-hydrogen) atoms. The monoisotopic (exact) mass is 285 g/mol. The highest BCUT2D eigenvalue weighted by atomic mass is 16.5. The normalized spacial score (nSPS) is 18.5. The van der Waals surface area contributed by atoms with Gasteiger partial charge in [-0.1, -0.05) is 12.1 Å². The Bertz CT molecular complexity index is 625. The summed E-state index contributed by atoms with van der Waals surface area (Å²) in [5.41, 5.74) is 2.81. The lowest BCUT2D eigenvalue weighted by Gasteiger charge is -2.23. The first-order valence-electron chi connectivity index (χ1n) is 7.08. The standard InChI is InChI=1S/C16H19N3O2/c1-11-18-13(12-5-3-4-6-16(12)20-2)9-14(19-11)15-10-21-8-7-17-15/h3-6,9,15,17H,7-8,10H2,1-2H3/t15-/m0/s1. The predicted octanol–water partition coefficient (Wildman–Crippen LogP) is 2.12. The zero-order chi connectivity index (χ0) is 14.7. The van der Waals surface area contributed by atoms with Crippen molar-refractivity contribution in [2.24, 2.45) is 0 Å². The molecule has 0 radical (unpaired) electrons. The highest BCUT2D eigenvalue weighted by Crippen LogP contribution is 2.29. The Labute approximate surface area is 124 Å². The molecule has 0 unspecified atom stereocenters. The van der Waals surface area contributed by atoms with Crippen molar-refractivity contribution >= 4 is 0 Å². The summed E-state index contributed by atoms with van der Waals surface area (Å²) in [6.07, 6.45) is 0. The molecule has 1 atom stereocenters. The molecule has 1 saturated heterocycles. The van der Waals surface area contributed by atoms with Crippen molar-refractivity contribution in [3.8, 4) is 17.0 Å². The number of aryl methyl sites for hydroxylation is 1. The van der Waals surface area contributed by atoms with Crippen LogP contribution in [0.25, 0.3) is 11.3 Å². The van der Waals surface area contributed by atoms with Gasteiger partial charge in [0.1, 0.15) is 11.6 Å². The van der Waals surface area contributed by atoms with E-state index in [4.69, 9.17) is 9.47 Å². The van der Waals surface area contributed by atoms with E-state index in [0.29, 0.717) is 6.61 Å². The predicted molar refractivity (Wildman–Crippen MR) is 80.3 cm³/mol. The number of methoxy groups -OCH3 is 1. The molecule has 1 fully saturated rings. The summed E-state index contributed by atoms with van der Waals surface area (Å²) in [5.74, 6) is 1.56. The number of aromatic nitrogens is 2. The minimum Gasteiger partial charge on any atom is -0.496 e. The Hall–Kier alpha value is -1.98. The van der Waals surface area contributed by atoms with Crippen LogP contribution in [0.4, 0.5) is 0 Å². The molecule has 0 aliphatic carbocycles. The fourth-order valence-corrected chi connectivity index (χ4v) is 2.52. The van der Waals surface area contributed by atoms with E-state index in [1.165, 1.54) is 0 Å². The van der Waals surface area contributed by atoms with E-state index >= 15 is 0 Å². The van der Waals surface area contributed by atoms with Crippen LogP contribution in [0.15, 0.2) is 30.3 Å². The van der Waals surface area contributed by atoms with Crippen LogP contribution in [0.2, 0.25) is 0 Å². The number of ether oxygens (including phenoxy) is 2. The summed E-state index contributed by atoms with van der Waals surface area (Å²) in [7, 11) is 1.67. The molecule has 1 aliphatic rings. The number of hydrogen-bond acceptors (Lipinski definition) is 5. The van der Waals surface area contributed by atoms with Gasteiger partial charge < -0.3 is 14.8 Å². The van der Waals surface area contributed by atoms with Gasteiger partial charge in [0.2, 0.25) is 0 Å². The molecule has 0 amide bonds. The molecule has 5 nitrogen and oxygen atoms in total. The zero-order valence-electron chi connectivity index (χ0n) is 12.3. The fraction of sp³-hybridized carbons (Fsp3) is 0.375. The van der Waals surface area contributed by atoms with Gasteiger partial charge in [-0.2, -0.15) is 0 Å². The van der Waals surface area contributed by atoms with Crippen LogP contribution in [-0.4, -0.2) is 36.8 Å². The van der Waals surface area contributed by atoms with E-state index in [1.54, 1.807) is 7.11 Å². The number of morpholine rings is 1. The van der Waals surface area contributed by atoms with Gasteiger partial charge in [0.15, 0.2) is 0 Å². The van der Waals surface area contributed by atoms with Crippen molar-refractivity contribution in [3.05, 3.63) is 41.9 Å². The average molecular weight is 285 g/mol. The highest BCUT2D eigenvalue weighted by molar-refractivity contribution is 5.67. The van der Waals surface area contributed by atoms with E-state index in [9.17, 15) is 0 Å². The van der Waals surface area contributed by atoms with Crippen LogP contribution in [0.5, 0.6) is 5.75 Å². The number of para-hydroxylation sites is 1. The second-order valence-corrected chi connectivity index (χ2v) is 5.01. The number of rotatable bonds is 3. The third-order valence-corrected chi connectivity index (χ3v) is 3.52. The van der Waals surface area contributed by atoms with Crippen molar-refractivity contribution in [3.63, 3.8) is 0 Å². The zero-order valence-corrected chi connectivity index (χ0v) is 12.3. The maximum atomic E-state index is 5.52. The summed E-state index contributed by atoms with van der Waals surface area (Å²) in [6.45, 7) is 4.14. The molecule has 2 heterocycles. The molecule has 1 aromatic carbocycles. The first-order valence-corrected chi connectivity index (χ1v) is 7.08. The molecule has 3 rings (SSSR count). The fourth-order valence-electron chi connectivity index (χ4n) is 2.52. The van der Waals surface area contributed by atoms with Crippen molar-refractivity contribution in [2.75, 3.05) is 26.9 Å². The lowest BCUT2D eigenvalue weighted by Crippen LogP contribution is -2.35. The van der Waals surface area contributed by atoms with E-state index < -0.39 is 0 Å². The number of nitrogens with one attached hydrogen (secondary N) is 1. The smallest absolute Gasteiger partial charge is 0.128 e. The molecule has 110 valence electrons. The Morgan fingerprint density at radius 3 is 2.90 bits per heavy atom. The van der Waals surface area contributed by atoms with Crippen molar-refractivity contribution in [1.82, 2.24) is 15.3 Å². The maximum Gasteiger partial charge on any atom is 0.128 e. The van der Waals surface area contributed by atoms with Crippen molar-refractivity contribution in [1.29, 1.82) is 0 Å². The molecule has 0 saturated carbocycles. The maximum absolute atomic E-state index is 5.52. The lowest BCUT2D eigenvalue weighted by molar-refractivity contribution is 0.0755. The summed E-state index contributed by atoms with van der Waals surface area (Å²) in [6, 6.07) is 10.0. The van der Waals surface area contributed by atoms with Gasteiger partial charge in [-0.05, 0) is 25.1 Å². The third kappa shape index (κ3) is 3.04. The Balaban J connectivity index is 2.01. The summed E-state index contributed by atoms with van der Waals surface area (Å²) in [4.78, 5) is 9.09. The summed E-state index contributed by atoms with van der Waals surface area (Å²) in [5, 5.41) is 3.42. The third-order valence-electron chi connectivity index (χ3n) is 3.52. The van der Waals surface area contributed by atoms with Crippen LogP contribution in [-0.2, 0) is 4.74 Å². The molecule has 1 N–H and O–H groups in total. The van der Waals surface area contributed by atoms with Crippen LogP contribution < -0.4 is 10.1 Å². The number of hydrogen-bond donors (Lipinski definition) is 1. The van der Waals surface area contributed by atoms with E-state index in [-0.39, 0.29) is 6.04 Å². The molecular weight excluding hydrogens is 266 g/mol. The first kappa shape index (κ1) is 14.0. The minimum absolute atomic E-state index is 0.119. The molecule has 0 bridgehead atoms. The first-order chi connectivity index (χ1) is 10.3. The van der Waals surface area contributed by atoms with Gasteiger partial charge in [-0.3, -0.25) is 0 Å². The highest BCUT2D eigenvalue weighted by Gasteiger charge is 2.19. The Kier molecular flexibility index (Phi) is 4.13. The average Bonchev–Trinajstić information content (AvgIpc) is 2.55. The minimum atomic E-state index is 0.119.